The van der Waals surface area contributed by atoms with Gasteiger partial charge in [0.15, 0.2) is 0 Å². The van der Waals surface area contributed by atoms with Gasteiger partial charge in [-0.15, -0.1) is 0 Å². The Bertz CT molecular complexity index is 235. The van der Waals surface area contributed by atoms with Crippen LogP contribution in [0.15, 0.2) is 0 Å². The number of nitrogens with two attached hydrogens (primary N) is 1. The smallest absolute Gasteiger partial charge is 0.00991 e. The summed E-state index contributed by atoms with van der Waals surface area (Å²) >= 11 is 0. The summed E-state index contributed by atoms with van der Waals surface area (Å²) in [5.74, 6) is 0.939. The van der Waals surface area contributed by atoms with Crippen molar-refractivity contribution in [2.45, 2.75) is 83.8 Å². The number of rotatable bonds is 4. The third-order valence-corrected chi connectivity index (χ3v) is 5.39. The van der Waals surface area contributed by atoms with Crippen molar-refractivity contribution in [3.05, 3.63) is 0 Å². The van der Waals surface area contributed by atoms with Crippen LogP contribution < -0.4 is 11.1 Å². The highest BCUT2D eigenvalue weighted by atomic mass is 15.0. The molecular formula is C15H30N2. The molecular weight excluding hydrogens is 208 g/mol. The standard InChI is InChI=1S/C15H30N2/c1-4-15(2,3)11-5-7-13(8-6-11)17-14-9-12(16)10-14/h11-14,17H,4-10,16H2,1-3H3. The molecule has 0 bridgehead atoms. The molecule has 17 heavy (non-hydrogen) atoms. The molecule has 0 spiro atoms. The predicted octanol–water partition coefficient (Wildman–Crippen LogP) is 3.06. The monoisotopic (exact) mass is 238 g/mol. The fraction of sp³-hybridized carbons (Fsp3) is 1.00. The highest BCUT2D eigenvalue weighted by Crippen LogP contribution is 2.40. The highest BCUT2D eigenvalue weighted by molar-refractivity contribution is 4.92. The van der Waals surface area contributed by atoms with Gasteiger partial charge in [-0.1, -0.05) is 27.2 Å². The lowest BCUT2D eigenvalue weighted by Crippen LogP contribution is -2.52. The van der Waals surface area contributed by atoms with Crippen LogP contribution in [0.25, 0.3) is 0 Å². The first-order chi connectivity index (χ1) is 8.01. The molecule has 3 N–H and O–H groups in total. The largest absolute Gasteiger partial charge is 0.328 e. The second-order valence-corrected chi connectivity index (χ2v) is 6.99. The minimum Gasteiger partial charge on any atom is -0.328 e. The Balaban J connectivity index is 1.71. The van der Waals surface area contributed by atoms with E-state index < -0.39 is 0 Å². The zero-order valence-electron chi connectivity index (χ0n) is 11.8. The second-order valence-electron chi connectivity index (χ2n) is 6.99. The summed E-state index contributed by atoms with van der Waals surface area (Å²) in [6, 6.07) is 1.98. The zero-order valence-corrected chi connectivity index (χ0v) is 11.8. The maximum Gasteiger partial charge on any atom is 0.00991 e. The fourth-order valence-corrected chi connectivity index (χ4v) is 3.46. The van der Waals surface area contributed by atoms with Crippen LogP contribution in [0.4, 0.5) is 0 Å². The molecule has 2 nitrogen and oxygen atoms in total. The number of hydrogen-bond donors (Lipinski definition) is 2. The van der Waals surface area contributed by atoms with Gasteiger partial charge in [-0.05, 0) is 49.9 Å². The van der Waals surface area contributed by atoms with Crippen molar-refractivity contribution in [2.75, 3.05) is 0 Å². The van der Waals surface area contributed by atoms with Gasteiger partial charge in [-0.2, -0.15) is 0 Å². The third-order valence-electron chi connectivity index (χ3n) is 5.39. The van der Waals surface area contributed by atoms with E-state index in [1.54, 1.807) is 0 Å². The van der Waals surface area contributed by atoms with E-state index in [-0.39, 0.29) is 0 Å². The lowest BCUT2D eigenvalue weighted by molar-refractivity contribution is 0.127. The lowest BCUT2D eigenvalue weighted by atomic mass is 9.68. The summed E-state index contributed by atoms with van der Waals surface area (Å²) in [5.41, 5.74) is 6.38. The molecule has 100 valence electrons. The molecule has 0 unspecified atom stereocenters. The van der Waals surface area contributed by atoms with Gasteiger partial charge in [0.25, 0.3) is 0 Å². The fourth-order valence-electron chi connectivity index (χ4n) is 3.46. The SMILES string of the molecule is CCC(C)(C)C1CCC(NC2CC(N)C2)CC1. The van der Waals surface area contributed by atoms with Gasteiger partial charge in [0.2, 0.25) is 0 Å². The minimum absolute atomic E-state index is 0.475. The van der Waals surface area contributed by atoms with E-state index in [0.717, 1.165) is 18.0 Å². The van der Waals surface area contributed by atoms with E-state index in [4.69, 9.17) is 5.73 Å². The Morgan fingerprint density at radius 2 is 1.65 bits per heavy atom. The first-order valence-electron chi connectivity index (χ1n) is 7.53. The van der Waals surface area contributed by atoms with Crippen molar-refractivity contribution in [3.8, 4) is 0 Å². The van der Waals surface area contributed by atoms with E-state index in [0.29, 0.717) is 11.5 Å². The van der Waals surface area contributed by atoms with Crippen molar-refractivity contribution >= 4 is 0 Å². The normalized spacial score (nSPS) is 38.8. The molecule has 0 atom stereocenters. The lowest BCUT2D eigenvalue weighted by Gasteiger charge is -2.42. The summed E-state index contributed by atoms with van der Waals surface area (Å²) in [6.45, 7) is 7.22. The molecule has 0 radical (unpaired) electrons. The van der Waals surface area contributed by atoms with Crippen LogP contribution in [0.3, 0.4) is 0 Å². The summed E-state index contributed by atoms with van der Waals surface area (Å²) in [7, 11) is 0. The maximum atomic E-state index is 5.83. The van der Waals surface area contributed by atoms with Crippen LogP contribution in [0.1, 0.15) is 65.7 Å². The van der Waals surface area contributed by atoms with Gasteiger partial charge in [-0.3, -0.25) is 0 Å². The summed E-state index contributed by atoms with van der Waals surface area (Å²) < 4.78 is 0. The molecule has 0 aliphatic heterocycles. The molecule has 2 heteroatoms. The first kappa shape index (κ1) is 13.4. The Morgan fingerprint density at radius 3 is 2.12 bits per heavy atom. The summed E-state index contributed by atoms with van der Waals surface area (Å²) in [4.78, 5) is 0. The van der Waals surface area contributed by atoms with Gasteiger partial charge in [-0.25, -0.2) is 0 Å². The average molecular weight is 238 g/mol. The molecule has 2 rings (SSSR count). The van der Waals surface area contributed by atoms with E-state index in [1.807, 2.05) is 0 Å². The Hall–Kier alpha value is -0.0800. The predicted molar refractivity (Wildman–Crippen MR) is 74.0 cm³/mol. The third kappa shape index (κ3) is 3.23. The minimum atomic E-state index is 0.475. The molecule has 0 aromatic carbocycles. The van der Waals surface area contributed by atoms with Gasteiger partial charge in [0.1, 0.15) is 0 Å². The van der Waals surface area contributed by atoms with Crippen LogP contribution in [-0.4, -0.2) is 18.1 Å². The molecule has 0 heterocycles. The van der Waals surface area contributed by atoms with Crippen molar-refractivity contribution in [3.63, 3.8) is 0 Å². The molecule has 2 fully saturated rings. The van der Waals surface area contributed by atoms with Gasteiger partial charge < -0.3 is 11.1 Å². The molecule has 0 amide bonds. The zero-order chi connectivity index (χ0) is 12.5. The van der Waals surface area contributed by atoms with Crippen molar-refractivity contribution in [2.24, 2.45) is 17.1 Å². The first-order valence-corrected chi connectivity index (χ1v) is 7.53. The quantitative estimate of drug-likeness (QED) is 0.790. The van der Waals surface area contributed by atoms with Crippen molar-refractivity contribution in [1.29, 1.82) is 0 Å². The molecule has 2 aliphatic carbocycles. The average Bonchev–Trinajstić information content (AvgIpc) is 2.28. The Kier molecular flexibility index (Phi) is 4.14. The van der Waals surface area contributed by atoms with Gasteiger partial charge in [0.05, 0.1) is 0 Å². The van der Waals surface area contributed by atoms with E-state index in [9.17, 15) is 0 Å². The summed E-state index contributed by atoms with van der Waals surface area (Å²) in [6.07, 6.45) is 9.28. The maximum absolute atomic E-state index is 5.83. The van der Waals surface area contributed by atoms with E-state index in [2.05, 4.69) is 26.1 Å². The van der Waals surface area contributed by atoms with Crippen LogP contribution in [0, 0.1) is 11.3 Å². The Morgan fingerprint density at radius 1 is 1.06 bits per heavy atom. The van der Waals surface area contributed by atoms with Crippen LogP contribution in [0.2, 0.25) is 0 Å². The number of nitrogens with one attached hydrogen (secondary N) is 1. The van der Waals surface area contributed by atoms with E-state index in [1.165, 1.54) is 44.9 Å². The molecule has 0 aromatic rings. The molecule has 0 aromatic heterocycles. The molecule has 0 saturated heterocycles. The van der Waals surface area contributed by atoms with Gasteiger partial charge >= 0.3 is 0 Å². The summed E-state index contributed by atoms with van der Waals surface area (Å²) in [5, 5.41) is 3.80. The van der Waals surface area contributed by atoms with E-state index >= 15 is 0 Å². The van der Waals surface area contributed by atoms with Gasteiger partial charge in [0, 0.05) is 18.1 Å². The number of hydrogen-bond acceptors (Lipinski definition) is 2. The highest BCUT2D eigenvalue weighted by Gasteiger charge is 2.34. The Labute approximate surface area is 107 Å². The topological polar surface area (TPSA) is 38.0 Å². The van der Waals surface area contributed by atoms with Crippen LogP contribution in [-0.2, 0) is 0 Å². The molecule has 2 aliphatic rings. The molecule has 2 saturated carbocycles. The van der Waals surface area contributed by atoms with Crippen molar-refractivity contribution in [1.82, 2.24) is 5.32 Å². The second kappa shape index (κ2) is 5.27. The van der Waals surface area contributed by atoms with Crippen LogP contribution in [0.5, 0.6) is 0 Å². The van der Waals surface area contributed by atoms with Crippen LogP contribution >= 0.6 is 0 Å². The van der Waals surface area contributed by atoms with Crippen molar-refractivity contribution < 1.29 is 0 Å².